The summed E-state index contributed by atoms with van der Waals surface area (Å²) in [6, 6.07) is 16.4. The smallest absolute Gasteiger partial charge is 0.243 e. The number of carbonyl (C=O) groups excluding carboxylic acids is 1. The lowest BCUT2D eigenvalue weighted by Crippen LogP contribution is -2.30. The second kappa shape index (κ2) is 9.66. The Morgan fingerprint density at radius 3 is 2.29 bits per heavy atom. The van der Waals surface area contributed by atoms with Gasteiger partial charge in [-0.3, -0.25) is 4.79 Å². The van der Waals surface area contributed by atoms with Crippen LogP contribution >= 0.6 is 0 Å². The number of para-hydroxylation sites is 1. The summed E-state index contributed by atoms with van der Waals surface area (Å²) in [5, 5.41) is 1.02. The number of benzene rings is 2. The van der Waals surface area contributed by atoms with Gasteiger partial charge in [0.05, 0.1) is 10.9 Å². The number of aryl methyl sites for hydroxylation is 1. The molecule has 1 atom stereocenters. The molecule has 6 nitrogen and oxygen atoms in total. The van der Waals surface area contributed by atoms with E-state index >= 15 is 0 Å². The number of hydrogen-bond acceptors (Lipinski definition) is 4. The average Bonchev–Trinajstić information content (AvgIpc) is 3.21. The van der Waals surface area contributed by atoms with Crippen molar-refractivity contribution in [3.63, 3.8) is 0 Å². The van der Waals surface area contributed by atoms with Crippen molar-refractivity contribution in [2.45, 2.75) is 44.6 Å². The minimum Gasteiger partial charge on any atom is -0.459 e. The first-order chi connectivity index (χ1) is 14.8. The van der Waals surface area contributed by atoms with Crippen LogP contribution in [0.3, 0.4) is 0 Å². The van der Waals surface area contributed by atoms with Crippen LogP contribution in [0.5, 0.6) is 0 Å². The molecule has 7 heteroatoms. The van der Waals surface area contributed by atoms with E-state index in [2.05, 4.69) is 0 Å². The molecule has 0 N–H and O–H groups in total. The molecule has 0 radical (unpaired) electrons. The molecule has 0 bridgehead atoms. The summed E-state index contributed by atoms with van der Waals surface area (Å²) in [7, 11) is -1.69. The first kappa shape index (κ1) is 23.0. The molecule has 0 aliphatic carbocycles. The predicted octanol–water partition coefficient (Wildman–Crippen LogP) is 4.62. The molecular formula is C24H30N2O4S. The van der Waals surface area contributed by atoms with Crippen molar-refractivity contribution in [1.29, 1.82) is 0 Å². The maximum absolute atomic E-state index is 12.7. The molecule has 166 valence electrons. The number of amides is 1. The highest BCUT2D eigenvalue weighted by molar-refractivity contribution is 7.89. The lowest BCUT2D eigenvalue weighted by molar-refractivity contribution is -0.132. The van der Waals surface area contributed by atoms with Crippen LogP contribution in [-0.2, 0) is 21.2 Å². The third-order valence-electron chi connectivity index (χ3n) is 5.72. The van der Waals surface area contributed by atoms with Crippen molar-refractivity contribution < 1.29 is 17.6 Å². The second-order valence-corrected chi connectivity index (χ2v) is 9.54. The van der Waals surface area contributed by atoms with Gasteiger partial charge in [0.15, 0.2) is 0 Å². The van der Waals surface area contributed by atoms with Gasteiger partial charge in [-0.05, 0) is 43.2 Å². The average molecular weight is 443 g/mol. The van der Waals surface area contributed by atoms with Crippen LogP contribution in [-0.4, -0.2) is 43.7 Å². The van der Waals surface area contributed by atoms with Gasteiger partial charge in [0.25, 0.3) is 0 Å². The van der Waals surface area contributed by atoms with Gasteiger partial charge in [-0.15, -0.1) is 0 Å². The Morgan fingerprint density at radius 1 is 1.03 bits per heavy atom. The van der Waals surface area contributed by atoms with Crippen molar-refractivity contribution in [3.8, 4) is 0 Å². The summed E-state index contributed by atoms with van der Waals surface area (Å²) < 4.78 is 32.5. The Labute approximate surface area is 184 Å². The Kier molecular flexibility index (Phi) is 7.18. The fourth-order valence-electron chi connectivity index (χ4n) is 3.58. The third-order valence-corrected chi connectivity index (χ3v) is 7.79. The van der Waals surface area contributed by atoms with Gasteiger partial charge in [0.1, 0.15) is 11.3 Å². The molecule has 0 saturated heterocycles. The highest BCUT2D eigenvalue weighted by atomic mass is 32.2. The molecule has 0 spiro atoms. The summed E-state index contributed by atoms with van der Waals surface area (Å²) in [6.07, 6.45) is 0.880. The van der Waals surface area contributed by atoms with E-state index in [-0.39, 0.29) is 16.8 Å². The van der Waals surface area contributed by atoms with Crippen LogP contribution in [0.4, 0.5) is 0 Å². The molecule has 3 aromatic rings. The topological polar surface area (TPSA) is 70.8 Å². The zero-order valence-electron chi connectivity index (χ0n) is 18.5. The van der Waals surface area contributed by atoms with Crippen molar-refractivity contribution >= 4 is 26.9 Å². The van der Waals surface area contributed by atoms with Crippen LogP contribution in [0.1, 0.15) is 44.6 Å². The quantitative estimate of drug-likeness (QED) is 0.485. The van der Waals surface area contributed by atoms with E-state index in [0.29, 0.717) is 25.9 Å². The minimum absolute atomic E-state index is 0.00722. The van der Waals surface area contributed by atoms with E-state index in [1.807, 2.05) is 51.1 Å². The Hall–Kier alpha value is -2.64. The number of nitrogens with zero attached hydrogens (tertiary/aromatic N) is 2. The molecule has 31 heavy (non-hydrogen) atoms. The molecule has 1 aromatic heterocycles. The van der Waals surface area contributed by atoms with Crippen LogP contribution in [0.25, 0.3) is 11.0 Å². The Morgan fingerprint density at radius 2 is 1.68 bits per heavy atom. The number of furan rings is 1. The summed E-state index contributed by atoms with van der Waals surface area (Å²) in [6.45, 7) is 6.46. The van der Waals surface area contributed by atoms with Gasteiger partial charge in [0.2, 0.25) is 15.9 Å². The molecule has 1 heterocycles. The van der Waals surface area contributed by atoms with Crippen LogP contribution < -0.4 is 0 Å². The third kappa shape index (κ3) is 4.99. The minimum atomic E-state index is -3.47. The van der Waals surface area contributed by atoms with Gasteiger partial charge in [0, 0.05) is 31.9 Å². The lowest BCUT2D eigenvalue weighted by atomic mass is 10.1. The zero-order chi connectivity index (χ0) is 22.6. The molecule has 3 rings (SSSR count). The molecule has 0 fully saturated rings. The van der Waals surface area contributed by atoms with Crippen molar-refractivity contribution in [3.05, 3.63) is 65.9 Å². The molecule has 0 saturated carbocycles. The van der Waals surface area contributed by atoms with E-state index in [1.165, 1.54) is 4.31 Å². The van der Waals surface area contributed by atoms with Crippen LogP contribution in [0.15, 0.2) is 63.9 Å². The SMILES string of the molecule is CCN(CC)S(=O)(=O)c1ccc(CCC(=O)N(C)C(C)c2cc3ccccc3o2)cc1. The first-order valence-corrected chi connectivity index (χ1v) is 12.0. The van der Waals surface area contributed by atoms with Crippen LogP contribution in [0, 0.1) is 0 Å². The normalized spacial score (nSPS) is 12.9. The monoisotopic (exact) mass is 442 g/mol. The highest BCUT2D eigenvalue weighted by Gasteiger charge is 2.22. The van der Waals surface area contributed by atoms with Gasteiger partial charge >= 0.3 is 0 Å². The number of fused-ring (bicyclic) bond motifs is 1. The Bertz CT molecular complexity index is 1100. The summed E-state index contributed by atoms with van der Waals surface area (Å²) >= 11 is 0. The first-order valence-electron chi connectivity index (χ1n) is 10.6. The molecular weight excluding hydrogens is 412 g/mol. The van der Waals surface area contributed by atoms with Gasteiger partial charge in [-0.2, -0.15) is 4.31 Å². The van der Waals surface area contributed by atoms with Crippen molar-refractivity contribution in [2.24, 2.45) is 0 Å². The second-order valence-electron chi connectivity index (χ2n) is 7.60. The van der Waals surface area contributed by atoms with Gasteiger partial charge in [-0.1, -0.05) is 44.2 Å². The predicted molar refractivity (Wildman–Crippen MR) is 122 cm³/mol. The summed E-state index contributed by atoms with van der Waals surface area (Å²) in [4.78, 5) is 14.7. The standard InChI is InChI=1S/C24H30N2O4S/c1-5-26(6-2)31(28,29)21-14-11-19(12-15-21)13-16-24(27)25(4)18(3)23-17-20-9-7-8-10-22(20)30-23/h7-12,14-15,17-18H,5-6,13,16H2,1-4H3. The number of sulfonamides is 1. The maximum Gasteiger partial charge on any atom is 0.243 e. The molecule has 0 aliphatic rings. The van der Waals surface area contributed by atoms with E-state index in [0.717, 1.165) is 22.3 Å². The maximum atomic E-state index is 12.7. The molecule has 1 amide bonds. The van der Waals surface area contributed by atoms with E-state index in [1.54, 1.807) is 36.2 Å². The van der Waals surface area contributed by atoms with Crippen molar-refractivity contribution in [2.75, 3.05) is 20.1 Å². The Balaban J connectivity index is 1.62. The number of carbonyl (C=O) groups is 1. The van der Waals surface area contributed by atoms with Gasteiger partial charge < -0.3 is 9.32 Å². The highest BCUT2D eigenvalue weighted by Crippen LogP contribution is 2.27. The fourth-order valence-corrected chi connectivity index (χ4v) is 5.04. The van der Waals surface area contributed by atoms with E-state index < -0.39 is 10.0 Å². The fraction of sp³-hybridized carbons (Fsp3) is 0.375. The summed E-state index contributed by atoms with van der Waals surface area (Å²) in [5.41, 5.74) is 1.74. The molecule has 1 unspecified atom stereocenters. The zero-order valence-corrected chi connectivity index (χ0v) is 19.4. The van der Waals surface area contributed by atoms with Crippen LogP contribution in [0.2, 0.25) is 0 Å². The summed E-state index contributed by atoms with van der Waals surface area (Å²) in [5.74, 6) is 0.760. The molecule has 0 aliphatic heterocycles. The molecule has 2 aromatic carbocycles. The largest absolute Gasteiger partial charge is 0.459 e. The van der Waals surface area contributed by atoms with E-state index in [4.69, 9.17) is 4.42 Å². The number of rotatable bonds is 9. The van der Waals surface area contributed by atoms with E-state index in [9.17, 15) is 13.2 Å². The lowest BCUT2D eigenvalue weighted by Gasteiger charge is -2.23. The van der Waals surface area contributed by atoms with Gasteiger partial charge in [-0.25, -0.2) is 8.42 Å². The van der Waals surface area contributed by atoms with Crippen molar-refractivity contribution in [1.82, 2.24) is 9.21 Å². The number of hydrogen-bond donors (Lipinski definition) is 0.